The molecule has 0 N–H and O–H groups in total. The van der Waals surface area contributed by atoms with E-state index in [1.807, 2.05) is 49.0 Å². The maximum atomic E-state index is 12.3. The molecule has 2 aromatic rings. The van der Waals surface area contributed by atoms with E-state index >= 15 is 0 Å². The van der Waals surface area contributed by atoms with Crippen molar-refractivity contribution in [2.45, 2.75) is 11.9 Å². The lowest BCUT2D eigenvalue weighted by atomic mass is 10.1. The van der Waals surface area contributed by atoms with Crippen LogP contribution in [0.25, 0.3) is 10.9 Å². The van der Waals surface area contributed by atoms with Crippen molar-refractivity contribution in [3.8, 4) is 0 Å². The van der Waals surface area contributed by atoms with Gasteiger partial charge in [-0.25, -0.2) is 0 Å². The zero-order valence-corrected chi connectivity index (χ0v) is 14.4. The van der Waals surface area contributed by atoms with Gasteiger partial charge in [-0.2, -0.15) is 0 Å². The standard InChI is InChI=1S/C14H17BrN2O.BrH/c1-16(2)7-8-17-13-6-4-3-5-11(13)9-12(10-15)14(17)18;/h3-6,9H,7-8,10H2,1-2H3;1H. The smallest absolute Gasteiger partial charge is 0.255 e. The van der Waals surface area contributed by atoms with Crippen LogP contribution in [-0.4, -0.2) is 30.1 Å². The number of benzene rings is 1. The summed E-state index contributed by atoms with van der Waals surface area (Å²) in [5, 5.41) is 1.71. The summed E-state index contributed by atoms with van der Waals surface area (Å²) < 4.78 is 1.87. The topological polar surface area (TPSA) is 25.2 Å². The molecule has 1 aromatic carbocycles. The Bertz CT molecular complexity index is 608. The largest absolute Gasteiger partial charge is 0.308 e. The van der Waals surface area contributed by atoms with Gasteiger partial charge in [-0.05, 0) is 31.6 Å². The van der Waals surface area contributed by atoms with E-state index in [0.29, 0.717) is 11.9 Å². The van der Waals surface area contributed by atoms with Crippen LogP contribution in [0, 0.1) is 0 Å². The van der Waals surface area contributed by atoms with Gasteiger partial charge in [0.25, 0.3) is 5.56 Å². The first-order valence-corrected chi connectivity index (χ1v) is 7.08. The number of rotatable bonds is 4. The van der Waals surface area contributed by atoms with Gasteiger partial charge < -0.3 is 9.47 Å². The fraction of sp³-hybridized carbons (Fsp3) is 0.357. The van der Waals surface area contributed by atoms with E-state index in [2.05, 4.69) is 20.8 Å². The highest BCUT2D eigenvalue weighted by molar-refractivity contribution is 9.08. The number of pyridine rings is 1. The minimum atomic E-state index is 0. The number of aromatic nitrogens is 1. The predicted octanol–water partition coefficient (Wildman–Crippen LogP) is 3.04. The Balaban J connectivity index is 0.00000180. The third kappa shape index (κ3) is 3.68. The van der Waals surface area contributed by atoms with E-state index in [1.54, 1.807) is 0 Å². The highest BCUT2D eigenvalue weighted by Crippen LogP contribution is 2.14. The van der Waals surface area contributed by atoms with E-state index in [9.17, 15) is 4.79 Å². The van der Waals surface area contributed by atoms with Crippen LogP contribution in [0.3, 0.4) is 0 Å². The molecule has 0 aliphatic carbocycles. The van der Waals surface area contributed by atoms with Crippen LogP contribution in [0.1, 0.15) is 5.56 Å². The summed E-state index contributed by atoms with van der Waals surface area (Å²) in [6.45, 7) is 1.57. The molecule has 2 rings (SSSR count). The van der Waals surface area contributed by atoms with Gasteiger partial charge in [0.2, 0.25) is 0 Å². The van der Waals surface area contributed by atoms with E-state index in [-0.39, 0.29) is 22.5 Å². The maximum Gasteiger partial charge on any atom is 0.255 e. The molecule has 5 heteroatoms. The number of likely N-dealkylation sites (N-methyl/N-ethyl adjacent to an activating group) is 1. The molecule has 0 saturated heterocycles. The lowest BCUT2D eigenvalue weighted by Crippen LogP contribution is -2.28. The summed E-state index contributed by atoms with van der Waals surface area (Å²) in [4.78, 5) is 14.4. The minimum absolute atomic E-state index is 0. The van der Waals surface area contributed by atoms with Gasteiger partial charge >= 0.3 is 0 Å². The van der Waals surface area contributed by atoms with Crippen molar-refractivity contribution in [2.24, 2.45) is 0 Å². The van der Waals surface area contributed by atoms with Crippen LogP contribution >= 0.6 is 32.9 Å². The van der Waals surface area contributed by atoms with Crippen LogP contribution < -0.4 is 5.56 Å². The summed E-state index contributed by atoms with van der Waals surface area (Å²) in [5.41, 5.74) is 1.92. The summed E-state index contributed by atoms with van der Waals surface area (Å²) in [6.07, 6.45) is 0. The summed E-state index contributed by atoms with van der Waals surface area (Å²) >= 11 is 3.38. The van der Waals surface area contributed by atoms with Crippen LogP contribution in [0.5, 0.6) is 0 Å². The van der Waals surface area contributed by atoms with Crippen LogP contribution in [-0.2, 0) is 11.9 Å². The molecule has 0 aliphatic heterocycles. The van der Waals surface area contributed by atoms with Gasteiger partial charge in [0, 0.05) is 24.0 Å². The molecule has 0 radical (unpaired) electrons. The van der Waals surface area contributed by atoms with Gasteiger partial charge in [-0.1, -0.05) is 34.1 Å². The Morgan fingerprint density at radius 1 is 1.26 bits per heavy atom. The maximum absolute atomic E-state index is 12.3. The van der Waals surface area contributed by atoms with Gasteiger partial charge in [0.15, 0.2) is 0 Å². The molecule has 104 valence electrons. The fourth-order valence-corrected chi connectivity index (χ4v) is 2.41. The first-order valence-electron chi connectivity index (χ1n) is 5.95. The van der Waals surface area contributed by atoms with E-state index < -0.39 is 0 Å². The van der Waals surface area contributed by atoms with Crippen molar-refractivity contribution in [1.82, 2.24) is 9.47 Å². The molecule has 19 heavy (non-hydrogen) atoms. The number of nitrogens with zero attached hydrogens (tertiary/aromatic N) is 2. The molecular formula is C14H18Br2N2O. The molecule has 0 amide bonds. The summed E-state index contributed by atoms with van der Waals surface area (Å²) in [6, 6.07) is 10.00. The monoisotopic (exact) mass is 388 g/mol. The Morgan fingerprint density at radius 2 is 1.95 bits per heavy atom. The Labute approximate surface area is 132 Å². The molecule has 0 aliphatic rings. The second kappa shape index (κ2) is 7.22. The lowest BCUT2D eigenvalue weighted by Gasteiger charge is -2.15. The van der Waals surface area contributed by atoms with Crippen molar-refractivity contribution in [3.05, 3.63) is 46.2 Å². The summed E-state index contributed by atoms with van der Waals surface area (Å²) in [7, 11) is 4.03. The number of hydrogen-bond donors (Lipinski definition) is 0. The number of para-hydroxylation sites is 1. The average Bonchev–Trinajstić information content (AvgIpc) is 2.36. The molecule has 3 nitrogen and oxygen atoms in total. The zero-order chi connectivity index (χ0) is 13.1. The van der Waals surface area contributed by atoms with Crippen LogP contribution in [0.2, 0.25) is 0 Å². The Morgan fingerprint density at radius 3 is 2.58 bits per heavy atom. The highest BCUT2D eigenvalue weighted by Gasteiger charge is 2.08. The van der Waals surface area contributed by atoms with Crippen LogP contribution in [0.4, 0.5) is 0 Å². The lowest BCUT2D eigenvalue weighted by molar-refractivity contribution is 0.384. The van der Waals surface area contributed by atoms with Gasteiger partial charge in [-0.15, -0.1) is 17.0 Å². The molecule has 0 unspecified atom stereocenters. The third-order valence-electron chi connectivity index (χ3n) is 2.99. The average molecular weight is 390 g/mol. The SMILES string of the molecule is Br.CN(C)CCn1c(=O)c(CBr)cc2ccccc21. The third-order valence-corrected chi connectivity index (χ3v) is 3.60. The number of fused-ring (bicyclic) bond motifs is 1. The highest BCUT2D eigenvalue weighted by atomic mass is 79.9. The fourth-order valence-electron chi connectivity index (χ4n) is 2.01. The van der Waals surface area contributed by atoms with Crippen molar-refractivity contribution >= 4 is 43.8 Å². The van der Waals surface area contributed by atoms with Gasteiger partial charge in [0.1, 0.15) is 0 Å². The second-order valence-corrected chi connectivity index (χ2v) is 5.18. The first kappa shape index (κ1) is 16.4. The van der Waals surface area contributed by atoms with Crippen molar-refractivity contribution in [2.75, 3.05) is 20.6 Å². The number of halogens is 2. The first-order chi connectivity index (χ1) is 8.63. The number of alkyl halides is 1. The van der Waals surface area contributed by atoms with E-state index in [1.165, 1.54) is 0 Å². The van der Waals surface area contributed by atoms with Crippen LogP contribution in [0.15, 0.2) is 35.1 Å². The van der Waals surface area contributed by atoms with Crippen molar-refractivity contribution in [1.29, 1.82) is 0 Å². The quantitative estimate of drug-likeness (QED) is 0.751. The van der Waals surface area contributed by atoms with Crippen molar-refractivity contribution in [3.63, 3.8) is 0 Å². The minimum Gasteiger partial charge on any atom is -0.308 e. The molecule has 0 atom stereocenters. The predicted molar refractivity (Wildman–Crippen MR) is 89.7 cm³/mol. The Hall–Kier alpha value is -0.650. The summed E-state index contributed by atoms with van der Waals surface area (Å²) in [5.74, 6) is 0. The molecular weight excluding hydrogens is 372 g/mol. The molecule has 1 aromatic heterocycles. The molecule has 0 bridgehead atoms. The molecule has 0 fully saturated rings. The Kier molecular flexibility index (Phi) is 6.23. The molecule has 0 spiro atoms. The number of hydrogen-bond acceptors (Lipinski definition) is 2. The van der Waals surface area contributed by atoms with Crippen molar-refractivity contribution < 1.29 is 0 Å². The molecule has 0 saturated carbocycles. The zero-order valence-electron chi connectivity index (χ0n) is 11.1. The normalized spacial score (nSPS) is 10.7. The van der Waals surface area contributed by atoms with Gasteiger partial charge in [-0.3, -0.25) is 4.79 Å². The van der Waals surface area contributed by atoms with Gasteiger partial charge in [0.05, 0.1) is 5.52 Å². The van der Waals surface area contributed by atoms with E-state index in [0.717, 1.165) is 23.0 Å². The molecule has 1 heterocycles. The second-order valence-electron chi connectivity index (χ2n) is 4.62. The van der Waals surface area contributed by atoms with E-state index in [4.69, 9.17) is 0 Å².